The van der Waals surface area contributed by atoms with E-state index in [2.05, 4.69) is 0 Å². The zero-order valence-electron chi connectivity index (χ0n) is 13.3. The van der Waals surface area contributed by atoms with Gasteiger partial charge < -0.3 is 18.8 Å². The Morgan fingerprint density at radius 2 is 2.22 bits per heavy atom. The van der Waals surface area contributed by atoms with E-state index in [1.165, 1.54) is 0 Å². The number of furan rings is 1. The number of amides is 1. The molecule has 23 heavy (non-hydrogen) atoms. The topological polar surface area (TPSA) is 51.9 Å². The van der Waals surface area contributed by atoms with Crippen molar-refractivity contribution in [1.29, 1.82) is 0 Å². The number of benzene rings is 1. The minimum atomic E-state index is -0.205. The Bertz CT molecular complexity index is 697. The van der Waals surface area contributed by atoms with Gasteiger partial charge in [-0.2, -0.15) is 0 Å². The van der Waals surface area contributed by atoms with Gasteiger partial charge in [0, 0.05) is 18.5 Å². The van der Waals surface area contributed by atoms with Crippen LogP contribution in [0.4, 0.5) is 0 Å². The number of halogens is 1. The first kappa shape index (κ1) is 16.3. The van der Waals surface area contributed by atoms with Crippen LogP contribution in [0.3, 0.4) is 0 Å². The molecule has 0 aliphatic carbocycles. The molecule has 1 fully saturated rings. The van der Waals surface area contributed by atoms with Crippen molar-refractivity contribution in [3.63, 3.8) is 0 Å². The summed E-state index contributed by atoms with van der Waals surface area (Å²) in [6.45, 7) is 5.88. The minimum absolute atomic E-state index is 0.127. The zero-order valence-corrected chi connectivity index (χ0v) is 14.0. The predicted octanol–water partition coefficient (Wildman–Crippen LogP) is 3.35. The fourth-order valence-corrected chi connectivity index (χ4v) is 2.88. The maximum Gasteiger partial charge on any atom is 0.291 e. The lowest BCUT2D eigenvalue weighted by molar-refractivity contribution is -0.0729. The first-order chi connectivity index (χ1) is 11.1. The summed E-state index contributed by atoms with van der Waals surface area (Å²) in [6, 6.07) is 7.36. The molecule has 0 saturated carbocycles. The first-order valence-electron chi connectivity index (χ1n) is 7.75. The highest BCUT2D eigenvalue weighted by Crippen LogP contribution is 2.31. The van der Waals surface area contributed by atoms with Gasteiger partial charge in [0.15, 0.2) is 0 Å². The lowest BCUT2D eigenvalue weighted by atomic mass is 10.2. The maximum atomic E-state index is 12.7. The average molecular weight is 338 g/mol. The molecule has 2 aromatic rings. The number of fused-ring (bicyclic) bond motifs is 1. The molecular formula is C17H20ClNO4. The molecule has 0 radical (unpaired) electrons. The van der Waals surface area contributed by atoms with Crippen LogP contribution in [-0.2, 0) is 9.47 Å². The molecule has 0 spiro atoms. The van der Waals surface area contributed by atoms with Crippen LogP contribution >= 0.6 is 11.6 Å². The van der Waals surface area contributed by atoms with Crippen molar-refractivity contribution in [3.05, 3.63) is 35.0 Å². The number of nitrogens with zero attached hydrogens (tertiary/aromatic N) is 1. The molecule has 1 atom stereocenters. The third-order valence-electron chi connectivity index (χ3n) is 3.77. The van der Waals surface area contributed by atoms with Crippen LogP contribution in [0.5, 0.6) is 0 Å². The molecule has 1 aliphatic heterocycles. The molecule has 1 aromatic heterocycles. The summed E-state index contributed by atoms with van der Waals surface area (Å²) < 4.78 is 16.9. The van der Waals surface area contributed by atoms with Crippen LogP contribution in [0.2, 0.25) is 5.02 Å². The number of carbonyl (C=O) groups excluding carboxylic acids is 1. The van der Waals surface area contributed by atoms with Crippen LogP contribution < -0.4 is 0 Å². The molecule has 5 nitrogen and oxygen atoms in total. The minimum Gasteiger partial charge on any atom is -0.449 e. The fourth-order valence-electron chi connectivity index (χ4n) is 2.60. The monoisotopic (exact) mass is 337 g/mol. The van der Waals surface area contributed by atoms with E-state index in [1.54, 1.807) is 11.0 Å². The maximum absolute atomic E-state index is 12.7. The van der Waals surface area contributed by atoms with Gasteiger partial charge >= 0.3 is 0 Å². The Morgan fingerprint density at radius 1 is 1.43 bits per heavy atom. The average Bonchev–Trinajstić information content (AvgIpc) is 2.90. The Hall–Kier alpha value is -1.56. The second-order valence-electron chi connectivity index (χ2n) is 5.87. The second kappa shape index (κ2) is 6.91. The van der Waals surface area contributed by atoms with E-state index in [-0.39, 0.29) is 23.9 Å². The molecule has 2 heterocycles. The quantitative estimate of drug-likeness (QED) is 0.858. The molecular weight excluding hydrogens is 318 g/mol. The summed E-state index contributed by atoms with van der Waals surface area (Å²) in [7, 11) is 0. The Morgan fingerprint density at radius 3 is 2.96 bits per heavy atom. The van der Waals surface area contributed by atoms with E-state index in [9.17, 15) is 4.79 Å². The van der Waals surface area contributed by atoms with Gasteiger partial charge in [0.1, 0.15) is 5.58 Å². The normalized spacial score (nSPS) is 18.8. The van der Waals surface area contributed by atoms with Crippen LogP contribution in [-0.4, -0.2) is 49.3 Å². The Balaban J connectivity index is 1.75. The number of ether oxygens (including phenoxy) is 2. The molecule has 0 bridgehead atoms. The summed E-state index contributed by atoms with van der Waals surface area (Å²) in [5.41, 5.74) is 0.619. The number of hydrogen-bond acceptors (Lipinski definition) is 4. The van der Waals surface area contributed by atoms with Crippen LogP contribution in [0.1, 0.15) is 24.4 Å². The summed E-state index contributed by atoms with van der Waals surface area (Å²) in [5.74, 6) is -0.0117. The van der Waals surface area contributed by atoms with Crippen LogP contribution in [0.15, 0.2) is 28.7 Å². The summed E-state index contributed by atoms with van der Waals surface area (Å²) >= 11 is 6.31. The molecule has 1 unspecified atom stereocenters. The van der Waals surface area contributed by atoms with Crippen molar-refractivity contribution in [1.82, 2.24) is 4.90 Å². The third-order valence-corrected chi connectivity index (χ3v) is 4.15. The van der Waals surface area contributed by atoms with Gasteiger partial charge in [-0.05, 0) is 26.0 Å². The summed E-state index contributed by atoms with van der Waals surface area (Å²) in [5, 5.41) is 1.12. The number of morpholine rings is 1. The largest absolute Gasteiger partial charge is 0.449 e. The van der Waals surface area contributed by atoms with E-state index >= 15 is 0 Å². The van der Waals surface area contributed by atoms with E-state index < -0.39 is 0 Å². The molecule has 1 amide bonds. The van der Waals surface area contributed by atoms with Gasteiger partial charge in [-0.3, -0.25) is 4.79 Å². The lowest BCUT2D eigenvalue weighted by Gasteiger charge is -2.32. The second-order valence-corrected chi connectivity index (χ2v) is 6.25. The standard InChI is InChI=1S/C17H20ClNO4/c1-11(2)22-10-12-9-19(7-8-21-12)17(20)16-15(18)13-5-3-4-6-14(13)23-16/h3-6,11-12H,7-10H2,1-2H3. The van der Waals surface area contributed by atoms with Crippen LogP contribution in [0, 0.1) is 0 Å². The van der Waals surface area contributed by atoms with Crippen molar-refractivity contribution < 1.29 is 18.7 Å². The molecule has 1 aliphatic rings. The Kier molecular flexibility index (Phi) is 4.90. The highest BCUT2D eigenvalue weighted by Gasteiger charge is 2.29. The summed E-state index contributed by atoms with van der Waals surface area (Å²) in [6.07, 6.45) is 0.00718. The molecule has 0 N–H and O–H groups in total. The molecule has 124 valence electrons. The van der Waals surface area contributed by atoms with E-state index in [0.717, 1.165) is 5.39 Å². The summed E-state index contributed by atoms with van der Waals surface area (Å²) in [4.78, 5) is 14.4. The first-order valence-corrected chi connectivity index (χ1v) is 8.13. The SMILES string of the molecule is CC(C)OCC1CN(C(=O)c2oc3ccccc3c2Cl)CCO1. The Labute approximate surface area is 140 Å². The fraction of sp³-hybridized carbons (Fsp3) is 0.471. The van der Waals surface area contributed by atoms with Crippen molar-refractivity contribution in [2.24, 2.45) is 0 Å². The number of carbonyl (C=O) groups is 1. The molecule has 6 heteroatoms. The van der Waals surface area contributed by atoms with Crippen molar-refractivity contribution in [2.45, 2.75) is 26.1 Å². The molecule has 1 saturated heterocycles. The smallest absolute Gasteiger partial charge is 0.291 e. The number of para-hydroxylation sites is 1. The van der Waals surface area contributed by atoms with Crippen molar-refractivity contribution in [3.8, 4) is 0 Å². The van der Waals surface area contributed by atoms with Crippen molar-refractivity contribution >= 4 is 28.5 Å². The highest BCUT2D eigenvalue weighted by molar-refractivity contribution is 6.38. The number of rotatable bonds is 4. The molecule has 3 rings (SSSR count). The zero-order chi connectivity index (χ0) is 16.4. The van der Waals surface area contributed by atoms with Gasteiger partial charge in [-0.1, -0.05) is 23.7 Å². The number of hydrogen-bond donors (Lipinski definition) is 0. The molecule has 1 aromatic carbocycles. The van der Waals surface area contributed by atoms with E-state index in [1.807, 2.05) is 32.0 Å². The van der Waals surface area contributed by atoms with Gasteiger partial charge in [0.25, 0.3) is 5.91 Å². The van der Waals surface area contributed by atoms with Crippen LogP contribution in [0.25, 0.3) is 11.0 Å². The van der Waals surface area contributed by atoms with Gasteiger partial charge in [-0.25, -0.2) is 0 Å². The lowest BCUT2D eigenvalue weighted by Crippen LogP contribution is -2.47. The van der Waals surface area contributed by atoms with Gasteiger partial charge in [-0.15, -0.1) is 0 Å². The van der Waals surface area contributed by atoms with E-state index in [4.69, 9.17) is 25.5 Å². The third kappa shape index (κ3) is 3.52. The van der Waals surface area contributed by atoms with Gasteiger partial charge in [0.2, 0.25) is 5.76 Å². The van der Waals surface area contributed by atoms with Crippen molar-refractivity contribution in [2.75, 3.05) is 26.3 Å². The van der Waals surface area contributed by atoms with E-state index in [0.29, 0.717) is 36.9 Å². The van der Waals surface area contributed by atoms with Gasteiger partial charge in [0.05, 0.1) is 30.4 Å². The highest BCUT2D eigenvalue weighted by atomic mass is 35.5. The predicted molar refractivity (Wildman–Crippen MR) is 88.0 cm³/mol.